The molecule has 27 heavy (non-hydrogen) atoms. The average Bonchev–Trinajstić information content (AvgIpc) is 2.69. The van der Waals surface area contributed by atoms with Crippen molar-refractivity contribution in [2.45, 2.75) is 6.54 Å². The molecule has 0 aromatic heterocycles. The molecule has 0 radical (unpaired) electrons. The molecule has 0 bridgehead atoms. The predicted octanol–water partition coefficient (Wildman–Crippen LogP) is -0.0817. The van der Waals surface area contributed by atoms with Gasteiger partial charge in [0.15, 0.2) is 0 Å². The van der Waals surface area contributed by atoms with Crippen LogP contribution >= 0.6 is 0 Å². The van der Waals surface area contributed by atoms with Gasteiger partial charge >= 0.3 is 0 Å². The molecule has 3 rings (SSSR count). The Labute approximate surface area is 159 Å². The van der Waals surface area contributed by atoms with E-state index < -0.39 is 0 Å². The highest BCUT2D eigenvalue weighted by molar-refractivity contribution is 5.78. The third-order valence-corrected chi connectivity index (χ3v) is 4.93. The zero-order valence-electron chi connectivity index (χ0n) is 15.5. The quantitative estimate of drug-likeness (QED) is 0.750. The third-order valence-electron chi connectivity index (χ3n) is 4.93. The number of ether oxygens (including phenoxy) is 1. The number of carbonyl (C=O) groups is 2. The van der Waals surface area contributed by atoms with Gasteiger partial charge in [0.25, 0.3) is 0 Å². The largest absolute Gasteiger partial charge is 0.378 e. The monoisotopic (exact) mass is 378 g/mol. The normalized spacial score (nSPS) is 19.1. The van der Waals surface area contributed by atoms with Crippen molar-refractivity contribution < 1.29 is 18.7 Å². The maximum Gasteiger partial charge on any atom is 0.236 e. The fourth-order valence-electron chi connectivity index (χ4n) is 3.32. The van der Waals surface area contributed by atoms with Crippen LogP contribution < -0.4 is 5.32 Å². The van der Waals surface area contributed by atoms with Gasteiger partial charge < -0.3 is 15.0 Å². The first-order valence-corrected chi connectivity index (χ1v) is 9.41. The fourth-order valence-corrected chi connectivity index (χ4v) is 3.32. The van der Waals surface area contributed by atoms with Gasteiger partial charge in [-0.15, -0.1) is 0 Å². The molecule has 2 heterocycles. The van der Waals surface area contributed by atoms with Gasteiger partial charge in [-0.05, 0) is 17.7 Å². The number of rotatable bonds is 6. The van der Waals surface area contributed by atoms with Gasteiger partial charge in [-0.3, -0.25) is 19.4 Å². The number of hydrogen-bond donors (Lipinski definition) is 1. The van der Waals surface area contributed by atoms with Crippen molar-refractivity contribution >= 4 is 11.8 Å². The lowest BCUT2D eigenvalue weighted by Crippen LogP contribution is -2.52. The lowest BCUT2D eigenvalue weighted by atomic mass is 10.2. The zero-order chi connectivity index (χ0) is 19.1. The van der Waals surface area contributed by atoms with Gasteiger partial charge in [0.2, 0.25) is 11.8 Å². The molecule has 1 N–H and O–H groups in total. The van der Waals surface area contributed by atoms with E-state index in [9.17, 15) is 14.0 Å². The summed E-state index contributed by atoms with van der Waals surface area (Å²) in [5.41, 5.74) is 0.745. The Morgan fingerprint density at radius 3 is 2.33 bits per heavy atom. The van der Waals surface area contributed by atoms with Crippen LogP contribution in [0.3, 0.4) is 0 Å². The Kier molecular flexibility index (Phi) is 7.14. The number of piperazine rings is 1. The Balaban J connectivity index is 1.34. The average molecular weight is 378 g/mol. The van der Waals surface area contributed by atoms with Crippen LogP contribution in [0.4, 0.5) is 4.39 Å². The van der Waals surface area contributed by atoms with E-state index in [4.69, 9.17) is 4.74 Å². The molecule has 0 saturated carbocycles. The third kappa shape index (κ3) is 6.27. The molecular weight excluding hydrogens is 351 g/mol. The standard InChI is InChI=1S/C19H27FN4O3/c20-17-3-1-2-16(12-17)13-21-18(25)14-22-4-6-23(7-5-22)15-19(26)24-8-10-27-11-9-24/h1-3,12H,4-11,13-15H2,(H,21,25). The van der Waals surface area contributed by atoms with Crippen LogP contribution in [-0.2, 0) is 20.9 Å². The number of morpholine rings is 1. The molecule has 2 saturated heterocycles. The minimum atomic E-state index is -0.301. The maximum atomic E-state index is 13.2. The Hall–Kier alpha value is -2.03. The van der Waals surface area contributed by atoms with Gasteiger partial charge in [-0.25, -0.2) is 4.39 Å². The van der Waals surface area contributed by atoms with Crippen LogP contribution in [0.2, 0.25) is 0 Å². The number of nitrogens with zero attached hydrogens (tertiary/aromatic N) is 3. The molecule has 0 unspecified atom stereocenters. The number of nitrogens with one attached hydrogen (secondary N) is 1. The van der Waals surface area contributed by atoms with Gasteiger partial charge in [0, 0.05) is 45.8 Å². The van der Waals surface area contributed by atoms with E-state index in [0.717, 1.165) is 31.7 Å². The molecule has 0 spiro atoms. The van der Waals surface area contributed by atoms with E-state index in [1.54, 1.807) is 12.1 Å². The zero-order valence-corrected chi connectivity index (χ0v) is 15.5. The number of carbonyl (C=O) groups excluding carboxylic acids is 2. The maximum absolute atomic E-state index is 13.2. The van der Waals surface area contributed by atoms with Crippen molar-refractivity contribution in [1.82, 2.24) is 20.0 Å². The van der Waals surface area contributed by atoms with Crippen molar-refractivity contribution in [1.29, 1.82) is 0 Å². The van der Waals surface area contributed by atoms with Crippen molar-refractivity contribution in [3.8, 4) is 0 Å². The first-order chi connectivity index (χ1) is 13.1. The van der Waals surface area contributed by atoms with Crippen LogP contribution in [0.5, 0.6) is 0 Å². The van der Waals surface area contributed by atoms with E-state index in [0.29, 0.717) is 45.9 Å². The van der Waals surface area contributed by atoms with Crippen LogP contribution in [0.1, 0.15) is 5.56 Å². The second-order valence-electron chi connectivity index (χ2n) is 6.95. The molecule has 0 atom stereocenters. The van der Waals surface area contributed by atoms with Crippen molar-refractivity contribution in [2.24, 2.45) is 0 Å². The predicted molar refractivity (Wildman–Crippen MR) is 98.5 cm³/mol. The molecule has 8 heteroatoms. The fraction of sp³-hybridized carbons (Fsp3) is 0.579. The summed E-state index contributed by atoms with van der Waals surface area (Å²) in [7, 11) is 0. The second-order valence-corrected chi connectivity index (χ2v) is 6.95. The van der Waals surface area contributed by atoms with Crippen molar-refractivity contribution in [2.75, 3.05) is 65.6 Å². The minimum Gasteiger partial charge on any atom is -0.378 e. The highest BCUT2D eigenvalue weighted by Gasteiger charge is 2.23. The van der Waals surface area contributed by atoms with Gasteiger partial charge in [-0.1, -0.05) is 12.1 Å². The van der Waals surface area contributed by atoms with Crippen LogP contribution in [-0.4, -0.2) is 92.1 Å². The molecule has 2 amide bonds. The summed E-state index contributed by atoms with van der Waals surface area (Å²) in [6, 6.07) is 6.22. The van der Waals surface area contributed by atoms with Crippen LogP contribution in [0.15, 0.2) is 24.3 Å². The van der Waals surface area contributed by atoms with Crippen LogP contribution in [0, 0.1) is 5.82 Å². The highest BCUT2D eigenvalue weighted by Crippen LogP contribution is 2.05. The number of hydrogen-bond acceptors (Lipinski definition) is 5. The number of amides is 2. The van der Waals surface area contributed by atoms with E-state index in [1.807, 2.05) is 4.90 Å². The lowest BCUT2D eigenvalue weighted by Gasteiger charge is -2.35. The Bertz CT molecular complexity index is 644. The lowest BCUT2D eigenvalue weighted by molar-refractivity contribution is -0.137. The van der Waals surface area contributed by atoms with Crippen LogP contribution in [0.25, 0.3) is 0 Å². The van der Waals surface area contributed by atoms with E-state index in [1.165, 1.54) is 12.1 Å². The minimum absolute atomic E-state index is 0.0721. The summed E-state index contributed by atoms with van der Waals surface area (Å²) in [5, 5.41) is 2.83. The molecule has 148 valence electrons. The Morgan fingerprint density at radius 2 is 1.67 bits per heavy atom. The summed E-state index contributed by atoms with van der Waals surface area (Å²) in [5.74, 6) is -0.221. The topological polar surface area (TPSA) is 65.1 Å². The summed E-state index contributed by atoms with van der Waals surface area (Å²) in [4.78, 5) is 30.5. The molecule has 7 nitrogen and oxygen atoms in total. The molecular formula is C19H27FN4O3. The van der Waals surface area contributed by atoms with E-state index in [2.05, 4.69) is 15.1 Å². The van der Waals surface area contributed by atoms with E-state index >= 15 is 0 Å². The summed E-state index contributed by atoms with van der Waals surface area (Å²) >= 11 is 0. The van der Waals surface area contributed by atoms with Crippen molar-refractivity contribution in [3.63, 3.8) is 0 Å². The molecule has 1 aromatic carbocycles. The molecule has 0 aliphatic carbocycles. The molecule has 2 fully saturated rings. The summed E-state index contributed by atoms with van der Waals surface area (Å²) in [6.45, 7) is 6.70. The Morgan fingerprint density at radius 1 is 1.00 bits per heavy atom. The molecule has 1 aromatic rings. The van der Waals surface area contributed by atoms with Gasteiger partial charge in [0.1, 0.15) is 5.82 Å². The van der Waals surface area contributed by atoms with E-state index in [-0.39, 0.29) is 17.6 Å². The van der Waals surface area contributed by atoms with Gasteiger partial charge in [0.05, 0.1) is 26.3 Å². The van der Waals surface area contributed by atoms with Gasteiger partial charge in [-0.2, -0.15) is 0 Å². The molecule has 2 aliphatic rings. The SMILES string of the molecule is O=C(CN1CCN(CC(=O)N2CCOCC2)CC1)NCc1cccc(F)c1. The highest BCUT2D eigenvalue weighted by atomic mass is 19.1. The first-order valence-electron chi connectivity index (χ1n) is 9.41. The smallest absolute Gasteiger partial charge is 0.236 e. The summed E-state index contributed by atoms with van der Waals surface area (Å²) in [6.07, 6.45) is 0. The van der Waals surface area contributed by atoms with Crippen molar-refractivity contribution in [3.05, 3.63) is 35.6 Å². The molecule has 2 aliphatic heterocycles. The number of halogens is 1. The first kappa shape index (κ1) is 19.7. The summed E-state index contributed by atoms with van der Waals surface area (Å²) < 4.78 is 18.4. The second kappa shape index (κ2) is 9.77. The number of benzene rings is 1.